The van der Waals surface area contributed by atoms with E-state index in [1.165, 1.54) is 0 Å². The van der Waals surface area contributed by atoms with E-state index in [1.807, 2.05) is 83.9 Å². The van der Waals surface area contributed by atoms with Gasteiger partial charge in [0, 0.05) is 24.9 Å². The molecule has 4 aromatic carbocycles. The third-order valence-electron chi connectivity index (χ3n) is 8.34. The molecule has 0 atom stereocenters. The fourth-order valence-electron chi connectivity index (χ4n) is 5.93. The largest absolute Gasteiger partial charge is 0.349 e. The summed E-state index contributed by atoms with van der Waals surface area (Å²) in [4.78, 5) is 60.7. The van der Waals surface area contributed by atoms with Gasteiger partial charge < -0.3 is 39.7 Å². The van der Waals surface area contributed by atoms with Crippen molar-refractivity contribution in [2.75, 3.05) is 10.6 Å². The van der Waals surface area contributed by atoms with Crippen molar-refractivity contribution in [1.82, 2.24) is 29.1 Å². The van der Waals surface area contributed by atoms with E-state index in [9.17, 15) is 14.4 Å². The first-order chi connectivity index (χ1) is 23.3. The molecule has 4 aromatic heterocycles. The Kier molecular flexibility index (Phi) is 6.65. The number of aryl methyl sites for hydroxylation is 2. The van der Waals surface area contributed by atoms with Crippen LogP contribution in [-0.4, -0.2) is 46.9 Å². The number of hydrogen-bond acceptors (Lipinski definition) is 3. The van der Waals surface area contributed by atoms with Crippen LogP contribution in [0, 0.1) is 0 Å². The van der Waals surface area contributed by atoms with Gasteiger partial charge in [0.25, 0.3) is 11.8 Å². The molecule has 48 heavy (non-hydrogen) atoms. The van der Waals surface area contributed by atoms with E-state index >= 15 is 0 Å². The van der Waals surface area contributed by atoms with Crippen molar-refractivity contribution in [2.45, 2.75) is 0 Å². The zero-order chi connectivity index (χ0) is 32.9. The van der Waals surface area contributed by atoms with Gasteiger partial charge in [-0.3, -0.25) is 9.59 Å². The summed E-state index contributed by atoms with van der Waals surface area (Å²) in [7, 11) is 3.67. The first-order valence-electron chi connectivity index (χ1n) is 15.1. The number of H-pyrrole nitrogens is 4. The summed E-state index contributed by atoms with van der Waals surface area (Å²) in [6.45, 7) is 0. The number of fused-ring (bicyclic) bond motifs is 4. The van der Waals surface area contributed by atoms with Crippen LogP contribution in [0.5, 0.6) is 0 Å². The molecular formula is C35H28N10O3. The van der Waals surface area contributed by atoms with Crippen molar-refractivity contribution in [2.24, 2.45) is 24.1 Å². The van der Waals surface area contributed by atoms with Crippen molar-refractivity contribution in [3.8, 4) is 0 Å². The number of rotatable bonds is 4. The number of amides is 4. The predicted molar refractivity (Wildman–Crippen MR) is 184 cm³/mol. The van der Waals surface area contributed by atoms with Gasteiger partial charge >= 0.3 is 6.03 Å². The number of hydrogen-bond donors (Lipinski definition) is 6. The molecule has 6 N–H and O–H groups in total. The standard InChI is InChI=1S/C35H28N10O3/c1-44-27-15-5-3-11-21(27)38-33(44)42-31(46)25-17-19-9-7-13-23(29(19)36-25)40-35(48)41-24-14-8-10-20-18-26(37-30(20)24)32(47)43-34-39-22-12-4-6-16-28(22)45(34)2/h3-18,36-37H,1-2H3,(H,38,42,46)(H,39,43,47)(H2,40,41,48). The summed E-state index contributed by atoms with van der Waals surface area (Å²) in [6, 6.07) is 29.0. The molecule has 13 heteroatoms. The first-order valence-corrected chi connectivity index (χ1v) is 15.1. The molecule has 0 aliphatic carbocycles. The zero-order valence-electron chi connectivity index (χ0n) is 25.8. The lowest BCUT2D eigenvalue weighted by molar-refractivity contribution is 0.0984. The topological polar surface area (TPSA) is 173 Å². The normalized spacial score (nSPS) is 12.5. The highest BCUT2D eigenvalue weighted by molar-refractivity contribution is 6.10. The van der Waals surface area contributed by atoms with Crippen LogP contribution >= 0.6 is 0 Å². The van der Waals surface area contributed by atoms with Crippen molar-refractivity contribution >= 4 is 73.1 Å². The van der Waals surface area contributed by atoms with Crippen LogP contribution in [0.1, 0.15) is 21.0 Å². The Morgan fingerprint density at radius 2 is 1.00 bits per heavy atom. The minimum atomic E-state index is -0.510. The van der Waals surface area contributed by atoms with Crippen molar-refractivity contribution in [1.29, 1.82) is 0 Å². The van der Waals surface area contributed by atoms with E-state index < -0.39 is 17.8 Å². The summed E-state index contributed by atoms with van der Waals surface area (Å²) in [5.41, 5.74) is 7.06. The number of aromatic amines is 4. The number of para-hydroxylation sites is 6. The molecule has 0 fully saturated rings. The van der Waals surface area contributed by atoms with Crippen LogP contribution in [-0.2, 0) is 14.1 Å². The molecule has 4 amide bonds. The Morgan fingerprint density at radius 1 is 0.562 bits per heavy atom. The molecule has 236 valence electrons. The molecule has 0 saturated heterocycles. The fraction of sp³-hybridized carbons (Fsp3) is 0.0571. The third-order valence-corrected chi connectivity index (χ3v) is 8.34. The summed E-state index contributed by atoms with van der Waals surface area (Å²) < 4.78 is 3.63. The van der Waals surface area contributed by atoms with Crippen LogP contribution in [0.4, 0.5) is 16.2 Å². The molecule has 0 unspecified atom stereocenters. The highest BCUT2D eigenvalue weighted by Gasteiger charge is 2.16. The van der Waals surface area contributed by atoms with Gasteiger partial charge in [-0.1, -0.05) is 48.5 Å². The monoisotopic (exact) mass is 636 g/mol. The molecule has 8 rings (SSSR count). The Morgan fingerprint density at radius 3 is 1.44 bits per heavy atom. The van der Waals surface area contributed by atoms with Gasteiger partial charge in [0.15, 0.2) is 0 Å². The summed E-state index contributed by atoms with van der Waals surface area (Å²) in [5.74, 6) is -0.921. The molecule has 0 radical (unpaired) electrons. The molecule has 0 aliphatic heterocycles. The van der Waals surface area contributed by atoms with Gasteiger partial charge in [0.1, 0.15) is 11.4 Å². The average Bonchev–Trinajstić information content (AvgIpc) is 3.86. The van der Waals surface area contributed by atoms with E-state index in [0.29, 0.717) is 33.6 Å². The average molecular weight is 637 g/mol. The molecule has 0 aliphatic rings. The maximum absolute atomic E-state index is 13.2. The van der Waals surface area contributed by atoms with Gasteiger partial charge in [0.2, 0.25) is 11.2 Å². The van der Waals surface area contributed by atoms with Crippen LogP contribution in [0.2, 0.25) is 0 Å². The Hall–Kier alpha value is -6.89. The van der Waals surface area contributed by atoms with E-state index in [0.717, 1.165) is 32.8 Å². The number of imidazole rings is 2. The van der Waals surface area contributed by atoms with Gasteiger partial charge in [-0.15, -0.1) is 0 Å². The SMILES string of the molecule is Cn1c(=NC(=O)c2cc3cccc(NC(=O)Nc4cccc5cc(C(=O)N=c6[nH]c7ccccc7n6C)[nH]c45)c3[nH]2)[nH]c2ccccc21. The summed E-state index contributed by atoms with van der Waals surface area (Å²) >= 11 is 0. The minimum Gasteiger partial charge on any atom is -0.349 e. The number of urea groups is 1. The molecule has 13 nitrogen and oxygen atoms in total. The predicted octanol–water partition coefficient (Wildman–Crippen LogP) is 5.42. The van der Waals surface area contributed by atoms with Gasteiger partial charge in [0.05, 0.1) is 44.5 Å². The lowest BCUT2D eigenvalue weighted by Gasteiger charge is -2.09. The van der Waals surface area contributed by atoms with Crippen LogP contribution < -0.4 is 21.9 Å². The second-order valence-corrected chi connectivity index (χ2v) is 11.4. The third kappa shape index (κ3) is 4.95. The van der Waals surface area contributed by atoms with Crippen molar-refractivity contribution < 1.29 is 14.4 Å². The zero-order valence-corrected chi connectivity index (χ0v) is 25.8. The smallest absolute Gasteiger partial charge is 0.323 e. The molecule has 8 aromatic rings. The summed E-state index contributed by atoms with van der Waals surface area (Å²) in [6.07, 6.45) is 0. The first kappa shape index (κ1) is 28.6. The Bertz CT molecular complexity index is 2540. The lowest BCUT2D eigenvalue weighted by Crippen LogP contribution is -2.20. The molecule has 0 spiro atoms. The van der Waals surface area contributed by atoms with Gasteiger partial charge in [-0.2, -0.15) is 9.98 Å². The number of carbonyl (C=O) groups is 3. The number of nitrogens with zero attached hydrogens (tertiary/aromatic N) is 4. The lowest BCUT2D eigenvalue weighted by atomic mass is 10.2. The maximum Gasteiger partial charge on any atom is 0.323 e. The Labute approximate surface area is 270 Å². The molecule has 0 saturated carbocycles. The number of anilines is 2. The maximum atomic E-state index is 13.2. The highest BCUT2D eigenvalue weighted by Crippen LogP contribution is 2.27. The van der Waals surface area contributed by atoms with E-state index in [-0.39, 0.29) is 11.4 Å². The Balaban J connectivity index is 1.03. The van der Waals surface area contributed by atoms with E-state index in [1.54, 1.807) is 36.4 Å². The number of aromatic nitrogens is 6. The van der Waals surface area contributed by atoms with Crippen molar-refractivity contribution in [3.63, 3.8) is 0 Å². The van der Waals surface area contributed by atoms with E-state index in [2.05, 4.69) is 40.6 Å². The minimum absolute atomic E-state index is 0.276. The number of nitrogens with one attached hydrogen (secondary N) is 6. The molecular weight excluding hydrogens is 608 g/mol. The van der Waals surface area contributed by atoms with Gasteiger partial charge in [-0.25, -0.2) is 4.79 Å². The van der Waals surface area contributed by atoms with Crippen LogP contribution in [0.25, 0.3) is 43.9 Å². The second-order valence-electron chi connectivity index (χ2n) is 11.4. The van der Waals surface area contributed by atoms with E-state index in [4.69, 9.17) is 0 Å². The second kappa shape index (κ2) is 11.2. The quantitative estimate of drug-likeness (QED) is 0.152. The number of carbonyl (C=O) groups excluding carboxylic acids is 3. The highest BCUT2D eigenvalue weighted by atomic mass is 16.2. The summed E-state index contributed by atoms with van der Waals surface area (Å²) in [5, 5.41) is 7.20. The van der Waals surface area contributed by atoms with Crippen molar-refractivity contribution in [3.05, 3.63) is 120 Å². The van der Waals surface area contributed by atoms with Crippen LogP contribution in [0.3, 0.4) is 0 Å². The molecule has 0 bridgehead atoms. The van der Waals surface area contributed by atoms with Crippen LogP contribution in [0.15, 0.2) is 107 Å². The number of benzene rings is 4. The van der Waals surface area contributed by atoms with Gasteiger partial charge in [-0.05, 0) is 48.5 Å². The molecule has 4 heterocycles. The fourth-order valence-corrected chi connectivity index (χ4v) is 5.93.